The van der Waals surface area contributed by atoms with E-state index in [9.17, 15) is 9.59 Å². The number of anilines is 4. The molecule has 0 saturated carbocycles. The van der Waals surface area contributed by atoms with E-state index in [2.05, 4.69) is 82.8 Å². The fourth-order valence-corrected chi connectivity index (χ4v) is 5.89. The summed E-state index contributed by atoms with van der Waals surface area (Å²) in [4.78, 5) is 32.3. The van der Waals surface area contributed by atoms with E-state index in [0.29, 0.717) is 22.2 Å². The summed E-state index contributed by atoms with van der Waals surface area (Å²) in [7, 11) is 0. The zero-order valence-electron chi connectivity index (χ0n) is 25.1. The molecule has 0 aromatic heterocycles. The SMILES string of the molecule is CC(C)(C)c1ccc(C(C)(C)C)c(N2C(=O)c3cccc4c(N(c5ccccc5)c5ccccc5)ccc(c34)C2=O)c1. The van der Waals surface area contributed by atoms with E-state index in [4.69, 9.17) is 0 Å². The second kappa shape index (κ2) is 9.99. The smallest absolute Gasteiger partial charge is 0.265 e. The topological polar surface area (TPSA) is 40.6 Å². The van der Waals surface area contributed by atoms with Crippen molar-refractivity contribution in [2.24, 2.45) is 0 Å². The van der Waals surface area contributed by atoms with Crippen LogP contribution in [0.3, 0.4) is 0 Å². The van der Waals surface area contributed by atoms with Crippen molar-refractivity contribution in [3.05, 3.63) is 131 Å². The molecule has 5 aromatic carbocycles. The van der Waals surface area contributed by atoms with Crippen molar-refractivity contribution >= 4 is 45.3 Å². The van der Waals surface area contributed by atoms with Gasteiger partial charge in [0.25, 0.3) is 11.8 Å². The molecule has 0 unspecified atom stereocenters. The van der Waals surface area contributed by atoms with Crippen molar-refractivity contribution in [3.8, 4) is 0 Å². The third-order valence-electron chi connectivity index (χ3n) is 8.07. The van der Waals surface area contributed by atoms with Crippen LogP contribution >= 0.6 is 0 Å². The van der Waals surface area contributed by atoms with Crippen LogP contribution < -0.4 is 9.80 Å². The molecule has 4 heteroatoms. The Labute approximate surface area is 248 Å². The third-order valence-corrected chi connectivity index (χ3v) is 8.07. The lowest BCUT2D eigenvalue weighted by Crippen LogP contribution is -2.42. The number of amides is 2. The van der Waals surface area contributed by atoms with Gasteiger partial charge in [-0.15, -0.1) is 0 Å². The Morgan fingerprint density at radius 2 is 1.14 bits per heavy atom. The van der Waals surface area contributed by atoms with Gasteiger partial charge in [0.1, 0.15) is 0 Å². The lowest BCUT2D eigenvalue weighted by molar-refractivity contribution is 0.0893. The van der Waals surface area contributed by atoms with E-state index in [1.807, 2.05) is 72.8 Å². The molecule has 5 aromatic rings. The van der Waals surface area contributed by atoms with Gasteiger partial charge in [-0.1, -0.05) is 102 Å². The first kappa shape index (κ1) is 27.5. The molecule has 0 saturated heterocycles. The molecule has 42 heavy (non-hydrogen) atoms. The number of carbonyl (C=O) groups is 2. The van der Waals surface area contributed by atoms with E-state index in [1.54, 1.807) is 0 Å². The maximum Gasteiger partial charge on any atom is 0.265 e. The minimum atomic E-state index is -0.294. The molecule has 2 amide bonds. The van der Waals surface area contributed by atoms with Crippen molar-refractivity contribution in [3.63, 3.8) is 0 Å². The number of carbonyl (C=O) groups excluding carboxylic acids is 2. The highest BCUT2D eigenvalue weighted by molar-refractivity contribution is 6.36. The quantitative estimate of drug-likeness (QED) is 0.208. The number of rotatable bonds is 4. The summed E-state index contributed by atoms with van der Waals surface area (Å²) in [5.74, 6) is -0.587. The molecule has 0 bridgehead atoms. The predicted octanol–water partition coefficient (Wildman–Crippen LogP) is 9.71. The van der Waals surface area contributed by atoms with Gasteiger partial charge in [-0.3, -0.25) is 9.59 Å². The lowest BCUT2D eigenvalue weighted by Gasteiger charge is -2.34. The van der Waals surface area contributed by atoms with Crippen LogP contribution in [0.2, 0.25) is 0 Å². The highest BCUT2D eigenvalue weighted by Gasteiger charge is 2.38. The summed E-state index contributed by atoms with van der Waals surface area (Å²) >= 11 is 0. The average molecular weight is 553 g/mol. The fraction of sp³-hybridized carbons (Fsp3) is 0.211. The van der Waals surface area contributed by atoms with Crippen LogP contribution in [0.15, 0.2) is 109 Å². The molecule has 0 aliphatic carbocycles. The Morgan fingerprint density at radius 3 is 1.69 bits per heavy atom. The van der Waals surface area contributed by atoms with Crippen LogP contribution in [-0.2, 0) is 10.8 Å². The molecule has 0 radical (unpaired) electrons. The van der Waals surface area contributed by atoms with Crippen molar-refractivity contribution in [2.75, 3.05) is 9.80 Å². The molecule has 1 heterocycles. The van der Waals surface area contributed by atoms with E-state index in [-0.39, 0.29) is 22.6 Å². The van der Waals surface area contributed by atoms with Crippen LogP contribution in [-0.4, -0.2) is 11.8 Å². The van der Waals surface area contributed by atoms with Crippen LogP contribution in [0, 0.1) is 0 Å². The molecule has 0 spiro atoms. The van der Waals surface area contributed by atoms with Crippen molar-refractivity contribution < 1.29 is 9.59 Å². The maximum absolute atomic E-state index is 14.4. The van der Waals surface area contributed by atoms with Crippen molar-refractivity contribution in [2.45, 2.75) is 52.4 Å². The Kier molecular flexibility index (Phi) is 6.53. The fourth-order valence-electron chi connectivity index (χ4n) is 5.89. The molecule has 0 N–H and O–H groups in total. The summed E-state index contributed by atoms with van der Waals surface area (Å²) < 4.78 is 0. The van der Waals surface area contributed by atoms with Gasteiger partial charge in [0.05, 0.1) is 11.4 Å². The van der Waals surface area contributed by atoms with Crippen LogP contribution in [0.25, 0.3) is 10.8 Å². The van der Waals surface area contributed by atoms with E-state index in [0.717, 1.165) is 33.6 Å². The second-order valence-corrected chi connectivity index (χ2v) is 13.0. The molecule has 0 atom stereocenters. The van der Waals surface area contributed by atoms with E-state index >= 15 is 0 Å². The van der Waals surface area contributed by atoms with E-state index < -0.39 is 0 Å². The zero-order valence-corrected chi connectivity index (χ0v) is 25.1. The standard InChI is InChI=1S/C38H36N2O2/c1-37(2,3)25-20-22-31(38(4,5)6)33(24-25)40-35(41)29-19-13-18-28-32(23-21-30(34(28)29)36(40)42)39(26-14-9-7-10-15-26)27-16-11-8-12-17-27/h7-24H,1-6H3. The number of para-hydroxylation sites is 2. The van der Waals surface area contributed by atoms with Gasteiger partial charge in [0, 0.05) is 33.3 Å². The van der Waals surface area contributed by atoms with Gasteiger partial charge in [-0.25, -0.2) is 4.90 Å². The Hall–Kier alpha value is -4.70. The van der Waals surface area contributed by atoms with Crippen molar-refractivity contribution in [1.29, 1.82) is 0 Å². The van der Waals surface area contributed by atoms with Gasteiger partial charge in [-0.2, -0.15) is 0 Å². The summed E-state index contributed by atoms with van der Waals surface area (Å²) in [5, 5.41) is 1.56. The summed E-state index contributed by atoms with van der Waals surface area (Å²) in [5.41, 5.74) is 6.25. The normalized spacial score (nSPS) is 13.5. The highest BCUT2D eigenvalue weighted by Crippen LogP contribution is 2.44. The third kappa shape index (κ3) is 4.57. The minimum Gasteiger partial charge on any atom is -0.310 e. The number of nitrogens with zero attached hydrogens (tertiary/aromatic N) is 2. The van der Waals surface area contributed by atoms with Gasteiger partial charge in [0.15, 0.2) is 0 Å². The predicted molar refractivity (Wildman–Crippen MR) is 174 cm³/mol. The molecule has 4 nitrogen and oxygen atoms in total. The molecular formula is C38H36N2O2. The van der Waals surface area contributed by atoms with E-state index in [1.165, 1.54) is 4.90 Å². The molecule has 0 fully saturated rings. The second-order valence-electron chi connectivity index (χ2n) is 13.0. The Balaban J connectivity index is 1.57. The number of hydrogen-bond acceptors (Lipinski definition) is 3. The summed E-state index contributed by atoms with van der Waals surface area (Å²) in [6, 6.07) is 36.2. The Bertz CT molecular complexity index is 1770. The summed E-state index contributed by atoms with van der Waals surface area (Å²) in [6.07, 6.45) is 0. The molecule has 210 valence electrons. The Morgan fingerprint density at radius 1 is 0.571 bits per heavy atom. The monoisotopic (exact) mass is 552 g/mol. The molecular weight excluding hydrogens is 516 g/mol. The minimum absolute atomic E-state index is 0.141. The average Bonchev–Trinajstić information content (AvgIpc) is 2.96. The molecule has 1 aliphatic rings. The van der Waals surface area contributed by atoms with Crippen molar-refractivity contribution in [1.82, 2.24) is 0 Å². The largest absolute Gasteiger partial charge is 0.310 e. The van der Waals surface area contributed by atoms with Crippen LogP contribution in [0.5, 0.6) is 0 Å². The summed E-state index contributed by atoms with van der Waals surface area (Å²) in [6.45, 7) is 12.8. The van der Waals surface area contributed by atoms with Gasteiger partial charge >= 0.3 is 0 Å². The van der Waals surface area contributed by atoms with Gasteiger partial charge < -0.3 is 4.90 Å². The van der Waals surface area contributed by atoms with Crippen LogP contribution in [0.1, 0.15) is 73.4 Å². The maximum atomic E-state index is 14.4. The van der Waals surface area contributed by atoms with Crippen LogP contribution in [0.4, 0.5) is 22.7 Å². The first-order valence-electron chi connectivity index (χ1n) is 14.5. The van der Waals surface area contributed by atoms with Gasteiger partial charge in [-0.05, 0) is 70.5 Å². The number of imide groups is 1. The highest BCUT2D eigenvalue weighted by atomic mass is 16.2. The zero-order chi connectivity index (χ0) is 29.8. The van der Waals surface area contributed by atoms with Gasteiger partial charge in [0.2, 0.25) is 0 Å². The number of benzene rings is 5. The lowest BCUT2D eigenvalue weighted by atomic mass is 9.80. The molecule has 6 rings (SSSR count). The molecule has 1 aliphatic heterocycles. The number of hydrogen-bond donors (Lipinski definition) is 0. The first-order valence-corrected chi connectivity index (χ1v) is 14.5. The first-order chi connectivity index (χ1) is 20.0.